The van der Waals surface area contributed by atoms with E-state index in [4.69, 9.17) is 0 Å². The van der Waals surface area contributed by atoms with E-state index in [0.29, 0.717) is 21.0 Å². The second kappa shape index (κ2) is 73.6. The van der Waals surface area contributed by atoms with Gasteiger partial charge in [0.1, 0.15) is 0 Å². The predicted octanol–water partition coefficient (Wildman–Crippen LogP) is 0.742. The van der Waals surface area contributed by atoms with Crippen molar-refractivity contribution in [2.45, 2.75) is 0 Å². The SMILES string of the molecule is N.N.[F][Ti]. The fourth-order valence-electron chi connectivity index (χ4n) is 0. The van der Waals surface area contributed by atoms with Gasteiger partial charge in [0.2, 0.25) is 0 Å². The molecule has 0 amide bonds. The molecule has 0 unspecified atom stereocenters. The van der Waals surface area contributed by atoms with E-state index in [1.54, 1.807) is 0 Å². The average molecular weight is 101 g/mol. The molecule has 0 radical (unpaired) electrons. The molecule has 0 rings (SSSR count). The van der Waals surface area contributed by atoms with E-state index in [1.807, 2.05) is 0 Å². The molecular formula is H6FN2Ti. The van der Waals surface area contributed by atoms with Crippen LogP contribution in [-0.4, -0.2) is 0 Å². The molecule has 0 aliphatic rings. The molecule has 0 fully saturated rings. The Hall–Kier alpha value is 0.564. The Morgan fingerprint density at radius 2 is 1.00 bits per heavy atom. The van der Waals surface area contributed by atoms with Crippen molar-refractivity contribution < 1.29 is 24.1 Å². The first-order chi connectivity index (χ1) is 1.00. The number of hydrogen-bond acceptors (Lipinski definition) is 2. The zero-order chi connectivity index (χ0) is 2.00. The summed E-state index contributed by atoms with van der Waals surface area (Å²) in [6.07, 6.45) is 0. The summed E-state index contributed by atoms with van der Waals surface area (Å²) in [4.78, 5) is 0. The molecule has 0 saturated heterocycles. The molecule has 2 nitrogen and oxygen atoms in total. The fourth-order valence-corrected chi connectivity index (χ4v) is 0. The van der Waals surface area contributed by atoms with Gasteiger partial charge in [0, 0.05) is 0 Å². The van der Waals surface area contributed by atoms with Gasteiger partial charge in [0.05, 0.1) is 0 Å². The minimum atomic E-state index is 0. The quantitative estimate of drug-likeness (QED) is 0.441. The molecule has 0 aliphatic heterocycles. The van der Waals surface area contributed by atoms with Crippen LogP contribution in [0.2, 0.25) is 0 Å². The van der Waals surface area contributed by atoms with Gasteiger partial charge in [-0.1, -0.05) is 0 Å². The summed E-state index contributed by atoms with van der Waals surface area (Å²) < 4.78 is 9.50. The second-order valence-corrected chi connectivity index (χ2v) is 0. The summed E-state index contributed by atoms with van der Waals surface area (Å²) >= 11 is 0.500. The Labute approximate surface area is 37.0 Å². The van der Waals surface area contributed by atoms with Crippen LogP contribution in [0.15, 0.2) is 0 Å². The van der Waals surface area contributed by atoms with E-state index in [-0.39, 0.29) is 12.3 Å². The summed E-state index contributed by atoms with van der Waals surface area (Å²) in [6, 6.07) is 0. The van der Waals surface area contributed by atoms with Crippen LogP contribution in [-0.2, 0) is 21.0 Å². The normalized spacial score (nSPS) is 1.00. The van der Waals surface area contributed by atoms with E-state index >= 15 is 0 Å². The van der Waals surface area contributed by atoms with Crippen LogP contribution >= 0.6 is 0 Å². The van der Waals surface area contributed by atoms with Crippen molar-refractivity contribution in [2.75, 3.05) is 0 Å². The van der Waals surface area contributed by atoms with Gasteiger partial charge in [-0.15, -0.1) is 0 Å². The van der Waals surface area contributed by atoms with Gasteiger partial charge in [-0.25, -0.2) is 0 Å². The van der Waals surface area contributed by atoms with E-state index in [1.165, 1.54) is 0 Å². The second-order valence-electron chi connectivity index (χ2n) is 0. The standard InChI is InChI=1S/FH.2H3N.Ti/h1H;2*1H3;/q;;;+1/p-1. The number of hydrogen-bond donors (Lipinski definition) is 2. The van der Waals surface area contributed by atoms with E-state index < -0.39 is 0 Å². The van der Waals surface area contributed by atoms with Crippen LogP contribution in [0.3, 0.4) is 0 Å². The third-order valence-electron chi connectivity index (χ3n) is 0. The first-order valence-electron chi connectivity index (χ1n) is 0.189. The van der Waals surface area contributed by atoms with Crippen molar-refractivity contribution in [3.63, 3.8) is 0 Å². The van der Waals surface area contributed by atoms with Gasteiger partial charge < -0.3 is 12.3 Å². The summed E-state index contributed by atoms with van der Waals surface area (Å²) in [7, 11) is 0. The van der Waals surface area contributed by atoms with Gasteiger partial charge in [-0.3, -0.25) is 0 Å². The molecule has 4 heteroatoms. The van der Waals surface area contributed by atoms with E-state index in [0.717, 1.165) is 0 Å². The molecule has 6 N–H and O–H groups in total. The van der Waals surface area contributed by atoms with Gasteiger partial charge in [-0.05, 0) is 0 Å². The summed E-state index contributed by atoms with van der Waals surface area (Å²) in [5, 5.41) is 0. The van der Waals surface area contributed by atoms with Crippen molar-refractivity contribution in [3.05, 3.63) is 0 Å². The van der Waals surface area contributed by atoms with Crippen LogP contribution in [0, 0.1) is 0 Å². The Bertz CT molecular complexity index is 6.00. The third-order valence-corrected chi connectivity index (χ3v) is 0. The van der Waals surface area contributed by atoms with Crippen LogP contribution in [0.25, 0.3) is 0 Å². The molecule has 0 aromatic rings. The topological polar surface area (TPSA) is 70.0 Å². The van der Waals surface area contributed by atoms with E-state index in [2.05, 4.69) is 0 Å². The van der Waals surface area contributed by atoms with Gasteiger partial charge in [-0.2, -0.15) is 0 Å². The Kier molecular flexibility index (Phi) is 436. The molecule has 27 valence electrons. The maximum atomic E-state index is 9.50. The van der Waals surface area contributed by atoms with Gasteiger partial charge >= 0.3 is 24.1 Å². The molecule has 0 atom stereocenters. The first kappa shape index (κ1) is 23.7. The van der Waals surface area contributed by atoms with Crippen LogP contribution in [0.4, 0.5) is 3.09 Å². The molecule has 0 saturated carbocycles. The monoisotopic (exact) mass is 101 g/mol. The van der Waals surface area contributed by atoms with Crippen LogP contribution < -0.4 is 12.3 Å². The van der Waals surface area contributed by atoms with Crippen LogP contribution in [0.1, 0.15) is 0 Å². The molecule has 0 heterocycles. The van der Waals surface area contributed by atoms with Gasteiger partial charge in [0.15, 0.2) is 0 Å². The summed E-state index contributed by atoms with van der Waals surface area (Å²) in [5.41, 5.74) is 0. The molecule has 0 aromatic carbocycles. The Morgan fingerprint density at radius 3 is 1.00 bits per heavy atom. The predicted molar refractivity (Wildman–Crippen MR) is 11.2 cm³/mol. The number of halogens is 1. The molecule has 0 aromatic heterocycles. The number of rotatable bonds is 0. The van der Waals surface area contributed by atoms with Crippen molar-refractivity contribution in [3.8, 4) is 0 Å². The molecule has 0 spiro atoms. The van der Waals surface area contributed by atoms with Crippen molar-refractivity contribution in [1.29, 1.82) is 0 Å². The van der Waals surface area contributed by atoms with Gasteiger partial charge in [0.25, 0.3) is 0 Å². The average Bonchev–Trinajstić information content (AvgIpc) is 1.00. The maximum absolute atomic E-state index is 9.50. The third kappa shape index (κ3) is 19.7. The Balaban J connectivity index is -0.00000000500. The zero-order valence-corrected chi connectivity index (χ0v) is 3.85. The van der Waals surface area contributed by atoms with Crippen LogP contribution in [0.5, 0.6) is 0 Å². The Morgan fingerprint density at radius 1 is 1.00 bits per heavy atom. The van der Waals surface area contributed by atoms with E-state index in [9.17, 15) is 3.09 Å². The zero-order valence-electron chi connectivity index (χ0n) is 2.29. The minimum absolute atomic E-state index is 0. The van der Waals surface area contributed by atoms with Crippen molar-refractivity contribution >= 4 is 0 Å². The molecular weight excluding hydrogens is 94.9 g/mol. The van der Waals surface area contributed by atoms with Crippen molar-refractivity contribution in [2.24, 2.45) is 0 Å². The molecule has 4 heavy (non-hydrogen) atoms. The fraction of sp³-hybridized carbons (Fsp3) is 0. The summed E-state index contributed by atoms with van der Waals surface area (Å²) in [6.45, 7) is 0. The first-order valence-corrected chi connectivity index (χ1v) is 0.779. The summed E-state index contributed by atoms with van der Waals surface area (Å²) in [5.74, 6) is 0. The molecule has 0 aliphatic carbocycles. The molecule has 0 bridgehead atoms. The van der Waals surface area contributed by atoms with Crippen molar-refractivity contribution in [1.82, 2.24) is 12.3 Å².